The lowest BCUT2D eigenvalue weighted by Crippen LogP contribution is -2.44. The Morgan fingerprint density at radius 2 is 1.89 bits per heavy atom. The molecule has 1 aromatic carbocycles. The molecule has 0 bridgehead atoms. The average Bonchev–Trinajstić information content (AvgIpc) is 3.31. The average molecular weight is 634 g/mol. The van der Waals surface area contributed by atoms with Crippen LogP contribution < -0.4 is 10.6 Å². The van der Waals surface area contributed by atoms with Crippen molar-refractivity contribution >= 4 is 23.0 Å². The summed E-state index contributed by atoms with van der Waals surface area (Å²) in [6.45, 7) is 0.282. The molecule has 240 valence electrons. The van der Waals surface area contributed by atoms with Crippen LogP contribution in [0.4, 0.5) is 31.1 Å². The second-order valence-electron chi connectivity index (χ2n) is 11.2. The molecule has 44 heavy (non-hydrogen) atoms. The van der Waals surface area contributed by atoms with Crippen LogP contribution in [0.15, 0.2) is 22.8 Å². The van der Waals surface area contributed by atoms with Crippen molar-refractivity contribution in [1.82, 2.24) is 35.8 Å². The number of imidazole rings is 1. The summed E-state index contributed by atoms with van der Waals surface area (Å²) in [5.41, 5.74) is -1.26. The monoisotopic (exact) mass is 633 g/mol. The second kappa shape index (κ2) is 11.5. The van der Waals surface area contributed by atoms with Crippen LogP contribution in [0.1, 0.15) is 72.3 Å². The van der Waals surface area contributed by atoms with E-state index in [4.69, 9.17) is 14.1 Å². The van der Waals surface area contributed by atoms with E-state index in [1.807, 2.05) is 5.32 Å². The number of halogens is 6. The first kappa shape index (κ1) is 31.5. The molecule has 5 rings (SSSR count). The van der Waals surface area contributed by atoms with E-state index in [1.54, 1.807) is 6.07 Å². The fourth-order valence-corrected chi connectivity index (χ4v) is 4.72. The third-order valence-corrected chi connectivity index (χ3v) is 7.56. The zero-order valence-electron chi connectivity index (χ0n) is 23.7. The van der Waals surface area contributed by atoms with Gasteiger partial charge in [0.25, 0.3) is 5.91 Å². The standard InChI is InChI=1S/C26H29F6N7O5/c1-24(2,26(30,31)32)43-10-16(35-22(40)20-19(12-4-5-12)37-44-38-20)21-33-14-7-6-13(8-15(14)34-21)17(11-42-3)39-9-18(25(27,28)29)36-23(39)41/h6-8,12,16-18H,4-5,9-11H2,1-3H3,(H,33,34)(H,35,40)(H,36,41)/t16?,17-,18+/m1/s1. The number of hydrogen-bond donors (Lipinski definition) is 3. The van der Waals surface area contributed by atoms with Gasteiger partial charge in [0.1, 0.15) is 23.6 Å². The zero-order chi connectivity index (χ0) is 32.0. The lowest BCUT2D eigenvalue weighted by Gasteiger charge is -2.29. The Labute approximate surface area is 245 Å². The smallest absolute Gasteiger partial charge is 0.382 e. The number of nitrogens with one attached hydrogen (secondary N) is 3. The van der Waals surface area contributed by atoms with Crippen LogP contribution in [-0.2, 0) is 9.47 Å². The molecule has 1 unspecified atom stereocenters. The van der Waals surface area contributed by atoms with Gasteiger partial charge in [-0.1, -0.05) is 11.2 Å². The Bertz CT molecular complexity index is 1520. The SMILES string of the molecule is COC[C@H](c1ccc2nc(C(COC(C)(C)C(F)(F)F)NC(=O)c3nonc3C3CC3)[nH]c2c1)N1C[C@@H](C(F)(F)F)NC1=O. The van der Waals surface area contributed by atoms with Gasteiger partial charge in [-0.3, -0.25) is 4.79 Å². The van der Waals surface area contributed by atoms with Crippen LogP contribution in [-0.4, -0.2) is 88.0 Å². The van der Waals surface area contributed by atoms with Gasteiger partial charge in [-0.05, 0) is 49.5 Å². The van der Waals surface area contributed by atoms with Crippen molar-refractivity contribution < 1.29 is 50.0 Å². The molecule has 1 saturated carbocycles. The predicted molar refractivity (Wildman–Crippen MR) is 138 cm³/mol. The third kappa shape index (κ3) is 6.45. The molecule has 3 amide bonds. The number of hydrogen-bond acceptors (Lipinski definition) is 8. The third-order valence-electron chi connectivity index (χ3n) is 7.56. The summed E-state index contributed by atoms with van der Waals surface area (Å²) in [7, 11) is 1.34. The van der Waals surface area contributed by atoms with Crippen molar-refractivity contribution in [1.29, 1.82) is 0 Å². The van der Waals surface area contributed by atoms with E-state index in [9.17, 15) is 35.9 Å². The highest BCUT2D eigenvalue weighted by Crippen LogP contribution is 2.40. The maximum Gasteiger partial charge on any atom is 0.416 e. The Morgan fingerprint density at radius 3 is 2.50 bits per heavy atom. The molecule has 2 fully saturated rings. The van der Waals surface area contributed by atoms with Crippen LogP contribution in [0.5, 0.6) is 0 Å². The molecule has 18 heteroatoms. The summed E-state index contributed by atoms with van der Waals surface area (Å²) in [4.78, 5) is 34.0. The van der Waals surface area contributed by atoms with Gasteiger partial charge in [0.2, 0.25) is 0 Å². The van der Waals surface area contributed by atoms with Crippen molar-refractivity contribution in [2.75, 3.05) is 26.9 Å². The minimum absolute atomic E-state index is 0.00497. The van der Waals surface area contributed by atoms with Gasteiger partial charge >= 0.3 is 18.4 Å². The first-order chi connectivity index (χ1) is 20.6. The van der Waals surface area contributed by atoms with Crippen LogP contribution in [0.2, 0.25) is 0 Å². The Kier molecular flexibility index (Phi) is 8.25. The molecule has 2 aliphatic rings. The molecule has 3 aromatic rings. The van der Waals surface area contributed by atoms with Crippen LogP contribution in [0.3, 0.4) is 0 Å². The summed E-state index contributed by atoms with van der Waals surface area (Å²) in [5, 5.41) is 12.0. The molecule has 0 radical (unpaired) electrons. The summed E-state index contributed by atoms with van der Waals surface area (Å²) < 4.78 is 95.6. The topological polar surface area (TPSA) is 147 Å². The summed E-state index contributed by atoms with van der Waals surface area (Å²) >= 11 is 0. The van der Waals surface area contributed by atoms with Crippen molar-refractivity contribution in [2.24, 2.45) is 0 Å². The van der Waals surface area contributed by atoms with Crippen LogP contribution in [0.25, 0.3) is 11.0 Å². The van der Waals surface area contributed by atoms with E-state index >= 15 is 0 Å². The maximum absolute atomic E-state index is 13.5. The normalized spacial score (nSPS) is 19.3. The van der Waals surface area contributed by atoms with E-state index in [1.165, 1.54) is 19.2 Å². The number of carbonyl (C=O) groups excluding carboxylic acids is 2. The van der Waals surface area contributed by atoms with Gasteiger partial charge in [-0.15, -0.1) is 0 Å². The number of alkyl halides is 6. The van der Waals surface area contributed by atoms with Crippen LogP contribution in [0, 0.1) is 0 Å². The maximum atomic E-state index is 13.5. The van der Waals surface area contributed by atoms with E-state index in [0.717, 1.165) is 31.6 Å². The van der Waals surface area contributed by atoms with Crippen LogP contribution >= 0.6 is 0 Å². The molecule has 2 aromatic heterocycles. The van der Waals surface area contributed by atoms with Crippen molar-refractivity contribution in [3.05, 3.63) is 41.0 Å². The van der Waals surface area contributed by atoms with E-state index in [2.05, 4.69) is 25.6 Å². The number of amides is 3. The van der Waals surface area contributed by atoms with Gasteiger partial charge in [-0.2, -0.15) is 26.3 Å². The molecule has 3 N–H and O–H groups in total. The lowest BCUT2D eigenvalue weighted by molar-refractivity contribution is -0.265. The van der Waals surface area contributed by atoms with Gasteiger partial charge < -0.3 is 30.0 Å². The highest BCUT2D eigenvalue weighted by molar-refractivity contribution is 5.93. The Hall–Kier alpha value is -3.93. The molecule has 3 atom stereocenters. The lowest BCUT2D eigenvalue weighted by atomic mass is 10.1. The number of rotatable bonds is 11. The fourth-order valence-electron chi connectivity index (χ4n) is 4.72. The molecule has 1 aliphatic carbocycles. The Morgan fingerprint density at radius 1 is 1.16 bits per heavy atom. The number of methoxy groups -OCH3 is 1. The summed E-state index contributed by atoms with van der Waals surface area (Å²) in [5.74, 6) is -0.728. The summed E-state index contributed by atoms with van der Waals surface area (Å²) in [6, 6.07) is -0.497. The quantitative estimate of drug-likeness (QED) is 0.265. The highest BCUT2D eigenvalue weighted by Gasteiger charge is 2.50. The first-order valence-electron chi connectivity index (χ1n) is 13.6. The van der Waals surface area contributed by atoms with E-state index in [0.29, 0.717) is 22.3 Å². The van der Waals surface area contributed by atoms with Crippen molar-refractivity contribution in [3.63, 3.8) is 0 Å². The molecule has 0 spiro atoms. The second-order valence-corrected chi connectivity index (χ2v) is 11.2. The summed E-state index contributed by atoms with van der Waals surface area (Å²) in [6.07, 6.45) is -7.80. The van der Waals surface area contributed by atoms with E-state index < -0.39 is 61.2 Å². The predicted octanol–water partition coefficient (Wildman–Crippen LogP) is 4.30. The van der Waals surface area contributed by atoms with Gasteiger partial charge in [0.05, 0.1) is 36.8 Å². The number of fused-ring (bicyclic) bond motifs is 1. The number of H-pyrrole nitrogens is 1. The minimum Gasteiger partial charge on any atom is -0.382 e. The number of benzene rings is 1. The molecule has 3 heterocycles. The molecule has 1 saturated heterocycles. The first-order valence-corrected chi connectivity index (χ1v) is 13.6. The Balaban J connectivity index is 1.43. The van der Waals surface area contributed by atoms with Gasteiger partial charge in [0, 0.05) is 13.0 Å². The number of aromatic nitrogens is 4. The van der Waals surface area contributed by atoms with Crippen molar-refractivity contribution in [2.45, 2.75) is 68.7 Å². The zero-order valence-corrected chi connectivity index (χ0v) is 23.7. The van der Waals surface area contributed by atoms with Gasteiger partial charge in [-0.25, -0.2) is 14.4 Å². The number of ether oxygens (including phenoxy) is 2. The number of nitrogens with zero attached hydrogens (tertiary/aromatic N) is 4. The van der Waals surface area contributed by atoms with Crippen molar-refractivity contribution in [3.8, 4) is 0 Å². The largest absolute Gasteiger partial charge is 0.416 e. The van der Waals surface area contributed by atoms with Gasteiger partial charge in [0.15, 0.2) is 11.3 Å². The van der Waals surface area contributed by atoms with E-state index in [-0.39, 0.29) is 24.0 Å². The fraction of sp³-hybridized carbons (Fsp3) is 0.577. The number of aromatic amines is 1. The number of urea groups is 1. The minimum atomic E-state index is -4.72. The number of carbonyl (C=O) groups is 2. The molecule has 1 aliphatic heterocycles. The molecule has 12 nitrogen and oxygen atoms in total. The molecular formula is C26H29F6N7O5. The molecular weight excluding hydrogens is 604 g/mol. The highest BCUT2D eigenvalue weighted by atomic mass is 19.4.